The molecule has 9 heteroatoms. The Balaban J connectivity index is 1.85. The highest BCUT2D eigenvalue weighted by Crippen LogP contribution is 2.21. The molecule has 0 bridgehead atoms. The van der Waals surface area contributed by atoms with Gasteiger partial charge in [0.2, 0.25) is 5.95 Å². The number of aryl methyl sites for hydroxylation is 1. The number of anilines is 1. The lowest BCUT2D eigenvalue weighted by Gasteiger charge is -2.03. The molecule has 0 saturated carbocycles. The van der Waals surface area contributed by atoms with Gasteiger partial charge in [0.15, 0.2) is 5.82 Å². The van der Waals surface area contributed by atoms with Crippen molar-refractivity contribution in [1.29, 1.82) is 0 Å². The van der Waals surface area contributed by atoms with Gasteiger partial charge in [0.25, 0.3) is 11.6 Å². The van der Waals surface area contributed by atoms with E-state index in [1.54, 1.807) is 37.4 Å². The van der Waals surface area contributed by atoms with E-state index >= 15 is 0 Å². The molecule has 120 valence electrons. The highest BCUT2D eigenvalue weighted by Gasteiger charge is 2.21. The lowest BCUT2D eigenvalue weighted by Crippen LogP contribution is -2.15. The second-order valence-corrected chi connectivity index (χ2v) is 4.95. The van der Waals surface area contributed by atoms with E-state index in [0.29, 0.717) is 11.5 Å². The van der Waals surface area contributed by atoms with Crippen LogP contribution in [0.3, 0.4) is 0 Å². The van der Waals surface area contributed by atoms with Gasteiger partial charge < -0.3 is 0 Å². The van der Waals surface area contributed by atoms with Crippen molar-refractivity contribution in [3.05, 3.63) is 63.8 Å². The van der Waals surface area contributed by atoms with E-state index in [1.807, 2.05) is 0 Å². The molecular weight excluding hydrogens is 312 g/mol. The number of hydrogen-bond acceptors (Lipinski definition) is 6. The molecule has 2 aromatic heterocycles. The maximum absolute atomic E-state index is 12.3. The minimum Gasteiger partial charge on any atom is -0.289 e. The summed E-state index contributed by atoms with van der Waals surface area (Å²) in [6.07, 6.45) is 1.60. The number of H-pyrrole nitrogens is 1. The van der Waals surface area contributed by atoms with E-state index in [1.165, 1.54) is 12.1 Å². The summed E-state index contributed by atoms with van der Waals surface area (Å²) >= 11 is 0. The number of carbonyl (C=O) groups is 1. The third-order valence-electron chi connectivity index (χ3n) is 3.21. The molecule has 0 unspecified atom stereocenters. The molecular formula is C15H12N6O3. The fraction of sp³-hybridized carbons (Fsp3) is 0.0667. The van der Waals surface area contributed by atoms with Crippen molar-refractivity contribution >= 4 is 17.5 Å². The maximum Gasteiger partial charge on any atom is 0.282 e. The molecule has 0 spiro atoms. The van der Waals surface area contributed by atoms with Gasteiger partial charge in [-0.05, 0) is 30.7 Å². The third kappa shape index (κ3) is 3.09. The molecule has 1 amide bonds. The fourth-order valence-corrected chi connectivity index (χ4v) is 2.09. The number of hydrogen-bond donors (Lipinski definition) is 2. The first kappa shape index (κ1) is 15.3. The number of amides is 1. The molecule has 1 aromatic carbocycles. The summed E-state index contributed by atoms with van der Waals surface area (Å²) in [6.45, 7) is 1.74. The first-order valence-corrected chi connectivity index (χ1v) is 6.95. The Kier molecular flexibility index (Phi) is 3.98. The molecule has 0 radical (unpaired) electrons. The predicted octanol–water partition coefficient (Wildman–Crippen LogP) is 2.34. The molecule has 0 atom stereocenters. The highest BCUT2D eigenvalue weighted by atomic mass is 16.6. The van der Waals surface area contributed by atoms with Crippen molar-refractivity contribution in [3.63, 3.8) is 0 Å². The average molecular weight is 324 g/mol. The average Bonchev–Trinajstić information content (AvgIpc) is 3.03. The van der Waals surface area contributed by atoms with Gasteiger partial charge in [-0.1, -0.05) is 12.1 Å². The zero-order chi connectivity index (χ0) is 17.1. The number of nitro groups is 1. The zero-order valence-corrected chi connectivity index (χ0v) is 12.6. The molecule has 0 aliphatic heterocycles. The Labute approximate surface area is 135 Å². The highest BCUT2D eigenvalue weighted by molar-refractivity contribution is 6.06. The van der Waals surface area contributed by atoms with Crippen LogP contribution in [0.25, 0.3) is 11.5 Å². The number of rotatable bonds is 4. The summed E-state index contributed by atoms with van der Waals surface area (Å²) in [5, 5.41) is 20.0. The van der Waals surface area contributed by atoms with Crippen LogP contribution in [0, 0.1) is 17.0 Å². The van der Waals surface area contributed by atoms with E-state index in [-0.39, 0.29) is 17.2 Å². The summed E-state index contributed by atoms with van der Waals surface area (Å²) in [6, 6.07) is 9.60. The Morgan fingerprint density at radius 1 is 1.29 bits per heavy atom. The molecule has 0 aliphatic carbocycles. The zero-order valence-electron chi connectivity index (χ0n) is 12.6. The number of nitrogens with one attached hydrogen (secondary N) is 2. The van der Waals surface area contributed by atoms with Crippen LogP contribution in [0.1, 0.15) is 15.9 Å². The number of benzene rings is 1. The van der Waals surface area contributed by atoms with Crippen molar-refractivity contribution in [2.45, 2.75) is 6.92 Å². The van der Waals surface area contributed by atoms with Gasteiger partial charge in [-0.3, -0.25) is 30.3 Å². The second kappa shape index (κ2) is 6.24. The van der Waals surface area contributed by atoms with Crippen molar-refractivity contribution < 1.29 is 9.72 Å². The van der Waals surface area contributed by atoms with E-state index in [2.05, 4.69) is 25.5 Å². The van der Waals surface area contributed by atoms with Crippen LogP contribution in [0.5, 0.6) is 0 Å². The van der Waals surface area contributed by atoms with Gasteiger partial charge in [0.05, 0.1) is 4.92 Å². The smallest absolute Gasteiger partial charge is 0.282 e. The van der Waals surface area contributed by atoms with Crippen LogP contribution in [0.4, 0.5) is 11.6 Å². The number of aromatic nitrogens is 4. The number of aromatic amines is 1. The molecule has 0 aliphatic rings. The second-order valence-electron chi connectivity index (χ2n) is 4.95. The van der Waals surface area contributed by atoms with Gasteiger partial charge >= 0.3 is 0 Å². The normalized spacial score (nSPS) is 10.4. The van der Waals surface area contributed by atoms with Crippen LogP contribution >= 0.6 is 0 Å². The van der Waals surface area contributed by atoms with Crippen LogP contribution in [0.2, 0.25) is 0 Å². The quantitative estimate of drug-likeness (QED) is 0.560. The summed E-state index contributed by atoms with van der Waals surface area (Å²) < 4.78 is 0. The Morgan fingerprint density at radius 2 is 2.12 bits per heavy atom. The third-order valence-corrected chi connectivity index (χ3v) is 3.21. The van der Waals surface area contributed by atoms with Crippen LogP contribution in [-0.2, 0) is 0 Å². The van der Waals surface area contributed by atoms with Crippen LogP contribution in [-0.4, -0.2) is 31.0 Å². The van der Waals surface area contributed by atoms with Crippen LogP contribution < -0.4 is 5.32 Å². The van der Waals surface area contributed by atoms with Gasteiger partial charge in [0, 0.05) is 12.3 Å². The number of pyridine rings is 1. The standard InChI is InChI=1S/C15H12N6O3/c1-9-5-6-12(21(23)24)10(8-9)14(22)18-15-17-13(19-20-15)11-4-2-3-7-16-11/h2-8H,1H3,(H2,17,18,19,20,22). The van der Waals surface area contributed by atoms with Gasteiger partial charge in [-0.15, -0.1) is 5.10 Å². The molecule has 0 saturated heterocycles. The Hall–Kier alpha value is -3.62. The first-order valence-electron chi connectivity index (χ1n) is 6.95. The van der Waals surface area contributed by atoms with Gasteiger partial charge in [0.1, 0.15) is 11.3 Å². The summed E-state index contributed by atoms with van der Waals surface area (Å²) in [5.41, 5.74) is 0.963. The van der Waals surface area contributed by atoms with Gasteiger partial charge in [-0.2, -0.15) is 4.98 Å². The number of nitrogens with zero attached hydrogens (tertiary/aromatic N) is 4. The van der Waals surface area contributed by atoms with Crippen molar-refractivity contribution in [1.82, 2.24) is 20.2 Å². The molecule has 2 heterocycles. The molecule has 2 N–H and O–H groups in total. The molecule has 0 fully saturated rings. The maximum atomic E-state index is 12.3. The van der Waals surface area contributed by atoms with E-state index in [0.717, 1.165) is 5.56 Å². The number of carbonyl (C=O) groups excluding carboxylic acids is 1. The minimum atomic E-state index is -0.656. The molecule has 3 rings (SSSR count). The van der Waals surface area contributed by atoms with Gasteiger partial charge in [-0.25, -0.2) is 0 Å². The summed E-state index contributed by atoms with van der Waals surface area (Å²) in [7, 11) is 0. The van der Waals surface area contributed by atoms with Crippen molar-refractivity contribution in [2.75, 3.05) is 5.32 Å². The lowest BCUT2D eigenvalue weighted by molar-refractivity contribution is -0.385. The van der Waals surface area contributed by atoms with E-state index in [9.17, 15) is 14.9 Å². The molecule has 24 heavy (non-hydrogen) atoms. The summed E-state index contributed by atoms with van der Waals surface area (Å²) in [5.74, 6) is -0.266. The van der Waals surface area contributed by atoms with Crippen molar-refractivity contribution in [3.8, 4) is 11.5 Å². The predicted molar refractivity (Wildman–Crippen MR) is 85.4 cm³/mol. The van der Waals surface area contributed by atoms with E-state index in [4.69, 9.17) is 0 Å². The fourth-order valence-electron chi connectivity index (χ4n) is 2.09. The number of nitro benzene ring substituents is 1. The van der Waals surface area contributed by atoms with Crippen molar-refractivity contribution in [2.24, 2.45) is 0 Å². The first-order chi connectivity index (χ1) is 11.5. The SMILES string of the molecule is Cc1ccc([N+](=O)[O-])c(C(=O)Nc2n[nH]c(-c3ccccn3)n2)c1. The lowest BCUT2D eigenvalue weighted by atomic mass is 10.1. The Bertz CT molecular complexity index is 907. The molecule has 9 nitrogen and oxygen atoms in total. The Morgan fingerprint density at radius 3 is 2.83 bits per heavy atom. The minimum absolute atomic E-state index is 0.0106. The molecule has 3 aromatic rings. The van der Waals surface area contributed by atoms with Crippen LogP contribution in [0.15, 0.2) is 42.6 Å². The largest absolute Gasteiger partial charge is 0.289 e. The monoisotopic (exact) mass is 324 g/mol. The van der Waals surface area contributed by atoms with E-state index < -0.39 is 10.8 Å². The summed E-state index contributed by atoms with van der Waals surface area (Å²) in [4.78, 5) is 31.0. The topological polar surface area (TPSA) is 127 Å².